The molecule has 1 aromatic carbocycles. The molecular formula is C15H17BrN2O. The molecule has 19 heavy (non-hydrogen) atoms. The van der Waals surface area contributed by atoms with E-state index in [0.717, 1.165) is 27.0 Å². The third-order valence-corrected chi connectivity index (χ3v) is 3.55. The molecule has 2 aromatic rings. The summed E-state index contributed by atoms with van der Waals surface area (Å²) in [5, 5.41) is 0. The molecule has 0 spiro atoms. The first-order valence-corrected chi connectivity index (χ1v) is 6.90. The van der Waals surface area contributed by atoms with Crippen molar-refractivity contribution in [3.05, 3.63) is 57.8 Å². The lowest BCUT2D eigenvalue weighted by Crippen LogP contribution is -2.14. The van der Waals surface area contributed by atoms with Crippen LogP contribution in [0, 0.1) is 6.92 Å². The summed E-state index contributed by atoms with van der Waals surface area (Å²) in [7, 11) is 1.67. The number of nitrogens with two attached hydrogens (primary N) is 1. The first kappa shape index (κ1) is 14.0. The summed E-state index contributed by atoms with van der Waals surface area (Å²) >= 11 is 3.37. The van der Waals surface area contributed by atoms with Gasteiger partial charge < -0.3 is 10.5 Å². The highest BCUT2D eigenvalue weighted by molar-refractivity contribution is 9.10. The number of aromatic nitrogens is 1. The van der Waals surface area contributed by atoms with Crippen LogP contribution in [0.3, 0.4) is 0 Å². The van der Waals surface area contributed by atoms with Crippen LogP contribution in [0.1, 0.15) is 22.9 Å². The van der Waals surface area contributed by atoms with Gasteiger partial charge >= 0.3 is 0 Å². The SMILES string of the molecule is COc1cc(C(N)Cc2ccc(Br)cn2)ccc1C. The zero-order valence-corrected chi connectivity index (χ0v) is 12.6. The molecule has 1 heterocycles. The van der Waals surface area contributed by atoms with E-state index < -0.39 is 0 Å². The van der Waals surface area contributed by atoms with Crippen LogP contribution in [-0.2, 0) is 6.42 Å². The Morgan fingerprint density at radius 2 is 2.11 bits per heavy atom. The monoisotopic (exact) mass is 320 g/mol. The second-order valence-corrected chi connectivity index (χ2v) is 5.42. The van der Waals surface area contributed by atoms with Crippen LogP contribution in [0.2, 0.25) is 0 Å². The van der Waals surface area contributed by atoms with Gasteiger partial charge in [0.05, 0.1) is 7.11 Å². The lowest BCUT2D eigenvalue weighted by atomic mass is 10.0. The van der Waals surface area contributed by atoms with Gasteiger partial charge in [0.1, 0.15) is 5.75 Å². The molecule has 1 unspecified atom stereocenters. The molecule has 0 aliphatic rings. The smallest absolute Gasteiger partial charge is 0.122 e. The minimum atomic E-state index is -0.0804. The van der Waals surface area contributed by atoms with E-state index in [9.17, 15) is 0 Å². The zero-order valence-electron chi connectivity index (χ0n) is 11.1. The fourth-order valence-electron chi connectivity index (χ4n) is 1.94. The number of ether oxygens (including phenoxy) is 1. The summed E-state index contributed by atoms with van der Waals surface area (Å²) in [5.74, 6) is 0.872. The number of methoxy groups -OCH3 is 1. The number of rotatable bonds is 4. The van der Waals surface area contributed by atoms with Crippen molar-refractivity contribution in [2.45, 2.75) is 19.4 Å². The minimum absolute atomic E-state index is 0.0804. The minimum Gasteiger partial charge on any atom is -0.496 e. The Hall–Kier alpha value is -1.39. The van der Waals surface area contributed by atoms with Crippen molar-refractivity contribution >= 4 is 15.9 Å². The highest BCUT2D eigenvalue weighted by Gasteiger charge is 2.10. The highest BCUT2D eigenvalue weighted by Crippen LogP contribution is 2.24. The normalized spacial score (nSPS) is 12.2. The van der Waals surface area contributed by atoms with Crippen LogP contribution >= 0.6 is 15.9 Å². The number of halogens is 1. The molecule has 1 aromatic heterocycles. The van der Waals surface area contributed by atoms with E-state index in [2.05, 4.69) is 20.9 Å². The van der Waals surface area contributed by atoms with E-state index in [4.69, 9.17) is 10.5 Å². The van der Waals surface area contributed by atoms with Gasteiger partial charge in [0, 0.05) is 28.8 Å². The molecule has 4 heteroatoms. The van der Waals surface area contributed by atoms with E-state index in [0.29, 0.717) is 6.42 Å². The molecule has 2 N–H and O–H groups in total. The van der Waals surface area contributed by atoms with Crippen molar-refractivity contribution in [1.82, 2.24) is 4.98 Å². The van der Waals surface area contributed by atoms with Crippen LogP contribution < -0.4 is 10.5 Å². The van der Waals surface area contributed by atoms with Gasteiger partial charge in [-0.3, -0.25) is 4.98 Å². The average molecular weight is 321 g/mol. The zero-order chi connectivity index (χ0) is 13.8. The van der Waals surface area contributed by atoms with E-state index in [1.54, 1.807) is 13.3 Å². The number of pyridine rings is 1. The molecule has 2 rings (SSSR count). The second kappa shape index (κ2) is 6.17. The molecule has 0 radical (unpaired) electrons. The molecule has 0 amide bonds. The van der Waals surface area contributed by atoms with Crippen LogP contribution in [0.15, 0.2) is 41.0 Å². The van der Waals surface area contributed by atoms with Crippen molar-refractivity contribution in [2.75, 3.05) is 7.11 Å². The van der Waals surface area contributed by atoms with Gasteiger partial charge in [0.25, 0.3) is 0 Å². The molecule has 100 valence electrons. The third-order valence-electron chi connectivity index (χ3n) is 3.08. The third kappa shape index (κ3) is 3.55. The van der Waals surface area contributed by atoms with Gasteiger partial charge in [-0.15, -0.1) is 0 Å². The fraction of sp³-hybridized carbons (Fsp3) is 0.267. The van der Waals surface area contributed by atoms with Gasteiger partial charge in [-0.05, 0) is 52.2 Å². The summed E-state index contributed by atoms with van der Waals surface area (Å²) in [6.45, 7) is 2.02. The Balaban J connectivity index is 2.15. The second-order valence-electron chi connectivity index (χ2n) is 4.51. The summed E-state index contributed by atoms with van der Waals surface area (Å²) in [5.41, 5.74) is 9.39. The van der Waals surface area contributed by atoms with Crippen molar-refractivity contribution < 1.29 is 4.74 Å². The van der Waals surface area contributed by atoms with E-state index in [1.165, 1.54) is 0 Å². The van der Waals surface area contributed by atoms with Crippen molar-refractivity contribution in [3.8, 4) is 5.75 Å². The lowest BCUT2D eigenvalue weighted by molar-refractivity contribution is 0.410. The Bertz CT molecular complexity index is 555. The van der Waals surface area contributed by atoms with Gasteiger partial charge in [0.15, 0.2) is 0 Å². The maximum Gasteiger partial charge on any atom is 0.122 e. The summed E-state index contributed by atoms with van der Waals surface area (Å²) < 4.78 is 6.30. The fourth-order valence-corrected chi connectivity index (χ4v) is 2.17. The Labute approximate surface area is 121 Å². The largest absolute Gasteiger partial charge is 0.496 e. The summed E-state index contributed by atoms with van der Waals surface area (Å²) in [6, 6.07) is 9.95. The standard InChI is InChI=1S/C15H17BrN2O/c1-10-3-4-11(7-15(10)19-2)14(17)8-13-6-5-12(16)9-18-13/h3-7,9,14H,8,17H2,1-2H3. The lowest BCUT2D eigenvalue weighted by Gasteiger charge is -2.14. The number of nitrogens with zero attached hydrogens (tertiary/aromatic N) is 1. The number of hydrogen-bond donors (Lipinski definition) is 1. The summed E-state index contributed by atoms with van der Waals surface area (Å²) in [4.78, 5) is 4.35. The number of aryl methyl sites for hydroxylation is 1. The predicted molar refractivity (Wildman–Crippen MR) is 80.3 cm³/mol. The van der Waals surface area contributed by atoms with Crippen molar-refractivity contribution in [2.24, 2.45) is 5.73 Å². The Kier molecular flexibility index (Phi) is 4.56. The molecule has 1 atom stereocenters. The molecule has 0 fully saturated rings. The Morgan fingerprint density at radius 1 is 1.32 bits per heavy atom. The maximum absolute atomic E-state index is 6.23. The average Bonchev–Trinajstić information content (AvgIpc) is 2.42. The van der Waals surface area contributed by atoms with E-state index >= 15 is 0 Å². The molecule has 0 aliphatic carbocycles. The number of benzene rings is 1. The highest BCUT2D eigenvalue weighted by atomic mass is 79.9. The van der Waals surface area contributed by atoms with Crippen LogP contribution in [0.25, 0.3) is 0 Å². The van der Waals surface area contributed by atoms with Crippen LogP contribution in [0.5, 0.6) is 5.75 Å². The molecule has 0 saturated carbocycles. The maximum atomic E-state index is 6.23. The van der Waals surface area contributed by atoms with E-state index in [1.807, 2.05) is 37.3 Å². The summed E-state index contributed by atoms with van der Waals surface area (Å²) in [6.07, 6.45) is 2.50. The van der Waals surface area contributed by atoms with Gasteiger partial charge in [-0.1, -0.05) is 12.1 Å². The first-order chi connectivity index (χ1) is 9.10. The van der Waals surface area contributed by atoms with Gasteiger partial charge in [0.2, 0.25) is 0 Å². The quantitative estimate of drug-likeness (QED) is 0.939. The molecule has 0 bridgehead atoms. The van der Waals surface area contributed by atoms with Crippen molar-refractivity contribution in [3.63, 3.8) is 0 Å². The van der Waals surface area contributed by atoms with Crippen LogP contribution in [0.4, 0.5) is 0 Å². The first-order valence-electron chi connectivity index (χ1n) is 6.10. The molecule has 0 aliphatic heterocycles. The van der Waals surface area contributed by atoms with Gasteiger partial charge in [-0.25, -0.2) is 0 Å². The van der Waals surface area contributed by atoms with E-state index in [-0.39, 0.29) is 6.04 Å². The molecular weight excluding hydrogens is 304 g/mol. The van der Waals surface area contributed by atoms with Crippen LogP contribution in [-0.4, -0.2) is 12.1 Å². The van der Waals surface area contributed by atoms with Crippen molar-refractivity contribution in [1.29, 1.82) is 0 Å². The topological polar surface area (TPSA) is 48.1 Å². The molecule has 3 nitrogen and oxygen atoms in total. The van der Waals surface area contributed by atoms with Gasteiger partial charge in [-0.2, -0.15) is 0 Å². The Morgan fingerprint density at radius 3 is 2.74 bits per heavy atom. The predicted octanol–water partition coefficient (Wildman–Crippen LogP) is 3.40. The number of hydrogen-bond acceptors (Lipinski definition) is 3. The molecule has 0 saturated heterocycles.